The number of quaternary nitrogens is 2. The van der Waals surface area contributed by atoms with Crippen molar-refractivity contribution in [2.75, 3.05) is 66.9 Å². The molecule has 0 bridgehead atoms. The first kappa shape index (κ1) is 33.3. The van der Waals surface area contributed by atoms with Crippen molar-refractivity contribution in [3.8, 4) is 0 Å². The second-order valence-corrected chi connectivity index (χ2v) is 12.6. The van der Waals surface area contributed by atoms with Gasteiger partial charge in [-0.2, -0.15) is 8.42 Å². The zero-order valence-electron chi connectivity index (χ0n) is 18.1. The van der Waals surface area contributed by atoms with Crippen molar-refractivity contribution in [2.24, 2.45) is 11.8 Å². The first-order valence-corrected chi connectivity index (χ1v) is 11.9. The lowest BCUT2D eigenvalue weighted by molar-refractivity contribution is -0.880. The van der Waals surface area contributed by atoms with Crippen molar-refractivity contribution in [2.45, 2.75) is 5.25 Å². The third-order valence-corrected chi connectivity index (χ3v) is 6.49. The number of carboxylic acid groups (broad SMARTS) is 2. The van der Waals surface area contributed by atoms with Crippen LogP contribution in [0.5, 0.6) is 0 Å². The standard InChI is InChI=1S/C10H19NO7S2.C5H11NO2.2H2O/c1-11(2)4-7(6-20(16,17)18)8(5-11)9(10(12)13)19(3,14)15;1-6(2,3)4-5(7)8;;/h7-9H,4-6H2,1-3H3,(H-,12,13,16,17,18);4H2,1-3H3;2*1H2/p+2. The van der Waals surface area contributed by atoms with E-state index >= 15 is 0 Å². The highest BCUT2D eigenvalue weighted by Gasteiger charge is 2.51. The molecule has 1 aliphatic heterocycles. The fourth-order valence-electron chi connectivity index (χ4n) is 3.44. The molecule has 13 nitrogen and oxygen atoms in total. The van der Waals surface area contributed by atoms with Crippen molar-refractivity contribution >= 4 is 31.9 Å². The van der Waals surface area contributed by atoms with Gasteiger partial charge >= 0.3 is 11.9 Å². The van der Waals surface area contributed by atoms with Crippen LogP contribution < -0.4 is 0 Å². The van der Waals surface area contributed by atoms with Gasteiger partial charge in [0.05, 0.1) is 54.1 Å². The number of nitrogens with zero attached hydrogens (tertiary/aromatic N) is 2. The van der Waals surface area contributed by atoms with Crippen molar-refractivity contribution in [3.05, 3.63) is 0 Å². The molecule has 0 aliphatic carbocycles. The molecule has 1 heterocycles. The van der Waals surface area contributed by atoms with Gasteiger partial charge in [-0.15, -0.1) is 0 Å². The third-order valence-electron chi connectivity index (χ3n) is 4.17. The van der Waals surface area contributed by atoms with E-state index in [2.05, 4.69) is 0 Å². The van der Waals surface area contributed by atoms with Crippen LogP contribution in [0.3, 0.4) is 0 Å². The van der Waals surface area contributed by atoms with Crippen molar-refractivity contribution in [3.63, 3.8) is 0 Å². The van der Waals surface area contributed by atoms with Gasteiger partial charge in [0.1, 0.15) is 0 Å². The fraction of sp³-hybridized carbons (Fsp3) is 0.867. The maximum atomic E-state index is 11.7. The first-order valence-electron chi connectivity index (χ1n) is 8.36. The van der Waals surface area contributed by atoms with Gasteiger partial charge < -0.3 is 30.1 Å². The largest absolute Gasteiger partial charge is 0.480 e. The molecule has 3 atom stereocenters. The zero-order valence-corrected chi connectivity index (χ0v) is 19.7. The van der Waals surface area contributed by atoms with Crippen LogP contribution >= 0.6 is 0 Å². The molecule has 182 valence electrons. The van der Waals surface area contributed by atoms with Crippen LogP contribution in [0.2, 0.25) is 0 Å². The lowest BCUT2D eigenvalue weighted by Crippen LogP contribution is -2.43. The molecule has 1 aliphatic rings. The van der Waals surface area contributed by atoms with E-state index in [1.54, 1.807) is 14.1 Å². The van der Waals surface area contributed by atoms with Gasteiger partial charge in [0.25, 0.3) is 10.1 Å². The Kier molecular flexibility index (Phi) is 12.6. The average molecular weight is 485 g/mol. The van der Waals surface area contributed by atoms with Crippen molar-refractivity contribution < 1.29 is 61.1 Å². The van der Waals surface area contributed by atoms with E-state index in [0.29, 0.717) is 15.5 Å². The summed E-state index contributed by atoms with van der Waals surface area (Å²) in [5, 5.41) is 15.7. The minimum atomic E-state index is -4.29. The number of hydrogen-bond acceptors (Lipinski definition) is 6. The minimum absolute atomic E-state index is 0. The van der Waals surface area contributed by atoms with Gasteiger partial charge in [-0.1, -0.05) is 0 Å². The van der Waals surface area contributed by atoms with Crippen LogP contribution in [0.15, 0.2) is 0 Å². The summed E-state index contributed by atoms with van der Waals surface area (Å²) in [7, 11) is 0.883. The summed E-state index contributed by atoms with van der Waals surface area (Å²) >= 11 is 0. The molecule has 15 heteroatoms. The molecule has 1 saturated heterocycles. The van der Waals surface area contributed by atoms with Gasteiger partial charge in [-0.25, -0.2) is 13.2 Å². The molecular weight excluding hydrogens is 448 g/mol. The quantitative estimate of drug-likeness (QED) is 0.244. The van der Waals surface area contributed by atoms with E-state index in [1.165, 1.54) is 0 Å². The predicted octanol–water partition coefficient (Wildman–Crippen LogP) is -3.18. The Labute approximate surface area is 177 Å². The molecular formula is C15H36N2O11S2+2. The number of likely N-dealkylation sites (tertiary alicyclic amines) is 1. The SMILES string of the molecule is C[N+](C)(C)CC(=O)O.C[N+]1(C)CC(CS(=O)(=O)O)C(C(C(=O)O)S(C)(=O)=O)C1.O.O. The third kappa shape index (κ3) is 13.0. The molecule has 0 saturated carbocycles. The number of likely N-dealkylation sites (N-methyl/N-ethyl adjacent to an activating group) is 1. The Hall–Kier alpha value is -1.36. The normalized spacial score (nSPS) is 21.8. The highest BCUT2D eigenvalue weighted by atomic mass is 32.2. The molecule has 0 spiro atoms. The van der Waals surface area contributed by atoms with Crippen LogP contribution in [0, 0.1) is 11.8 Å². The number of rotatable bonds is 7. The summed E-state index contributed by atoms with van der Waals surface area (Å²) in [5.74, 6) is -4.42. The number of hydrogen-bond donors (Lipinski definition) is 3. The monoisotopic (exact) mass is 484 g/mol. The summed E-state index contributed by atoms with van der Waals surface area (Å²) in [4.78, 5) is 21.3. The summed E-state index contributed by atoms with van der Waals surface area (Å²) in [6, 6.07) is 0. The van der Waals surface area contributed by atoms with E-state index in [0.717, 1.165) is 6.26 Å². The lowest BCUT2D eigenvalue weighted by Gasteiger charge is -2.24. The van der Waals surface area contributed by atoms with Crippen LogP contribution in [0.25, 0.3) is 0 Å². The van der Waals surface area contributed by atoms with Gasteiger partial charge in [-0.05, 0) is 0 Å². The van der Waals surface area contributed by atoms with Gasteiger partial charge in [0.15, 0.2) is 21.6 Å². The van der Waals surface area contributed by atoms with E-state index in [1.807, 2.05) is 21.1 Å². The number of carboxylic acids is 2. The minimum Gasteiger partial charge on any atom is -0.480 e. The molecule has 0 aromatic heterocycles. The summed E-state index contributed by atoms with van der Waals surface area (Å²) in [5.41, 5.74) is 0. The topological polar surface area (TPSA) is 226 Å². The van der Waals surface area contributed by atoms with Crippen molar-refractivity contribution in [1.29, 1.82) is 0 Å². The second-order valence-electron chi connectivity index (χ2n) is 8.90. The molecule has 7 N–H and O–H groups in total. The summed E-state index contributed by atoms with van der Waals surface area (Å²) < 4.78 is 55.2. The summed E-state index contributed by atoms with van der Waals surface area (Å²) in [6.07, 6.45) is 0.828. The Balaban J connectivity index is -0.000000626. The van der Waals surface area contributed by atoms with Crippen LogP contribution in [0.4, 0.5) is 0 Å². The molecule has 0 aromatic carbocycles. The maximum absolute atomic E-state index is 11.7. The molecule has 3 unspecified atom stereocenters. The van der Waals surface area contributed by atoms with Gasteiger partial charge in [0, 0.05) is 18.1 Å². The Morgan fingerprint density at radius 2 is 1.47 bits per heavy atom. The number of carbonyl (C=O) groups is 2. The van der Waals surface area contributed by atoms with Crippen LogP contribution in [-0.2, 0) is 29.5 Å². The second kappa shape index (κ2) is 11.3. The van der Waals surface area contributed by atoms with Crippen molar-refractivity contribution in [1.82, 2.24) is 0 Å². The first-order chi connectivity index (χ1) is 12.1. The van der Waals surface area contributed by atoms with Gasteiger partial charge in [-0.3, -0.25) is 9.35 Å². The molecule has 0 radical (unpaired) electrons. The Bertz CT molecular complexity index is 786. The molecule has 1 rings (SSSR count). The maximum Gasteiger partial charge on any atom is 0.359 e. The molecule has 1 fully saturated rings. The van der Waals surface area contributed by atoms with E-state index < -0.39 is 54.7 Å². The highest BCUT2D eigenvalue weighted by Crippen LogP contribution is 2.33. The molecule has 0 amide bonds. The smallest absolute Gasteiger partial charge is 0.359 e. The zero-order chi connectivity index (χ0) is 22.7. The average Bonchev–Trinajstić information content (AvgIpc) is 2.56. The Morgan fingerprint density at radius 3 is 1.70 bits per heavy atom. The van der Waals surface area contributed by atoms with E-state index in [-0.39, 0.29) is 24.0 Å². The summed E-state index contributed by atoms with van der Waals surface area (Å²) in [6.45, 7) is 0.702. The van der Waals surface area contributed by atoms with Crippen LogP contribution in [-0.4, -0.2) is 136 Å². The number of sulfone groups is 1. The fourth-order valence-corrected chi connectivity index (χ4v) is 5.65. The van der Waals surface area contributed by atoms with Gasteiger partial charge in [0.2, 0.25) is 0 Å². The Morgan fingerprint density at radius 1 is 1.03 bits per heavy atom. The van der Waals surface area contributed by atoms with Crippen LogP contribution in [0.1, 0.15) is 0 Å². The lowest BCUT2D eigenvalue weighted by atomic mass is 9.94. The predicted molar refractivity (Wildman–Crippen MR) is 109 cm³/mol. The highest BCUT2D eigenvalue weighted by molar-refractivity contribution is 7.92. The molecule has 30 heavy (non-hydrogen) atoms. The van der Waals surface area contributed by atoms with E-state index in [9.17, 15) is 26.4 Å². The number of aliphatic carboxylic acids is 2. The molecule has 0 aromatic rings. The van der Waals surface area contributed by atoms with E-state index in [4.69, 9.17) is 14.8 Å².